The lowest BCUT2D eigenvalue weighted by Crippen LogP contribution is -2.10. The highest BCUT2D eigenvalue weighted by Gasteiger charge is 2.09. The molecule has 0 amide bonds. The van der Waals surface area contributed by atoms with Crippen molar-refractivity contribution in [2.75, 3.05) is 24.7 Å². The number of aromatic nitrogens is 5. The van der Waals surface area contributed by atoms with Crippen LogP contribution in [0.3, 0.4) is 0 Å². The molecule has 92 valence electrons. The van der Waals surface area contributed by atoms with Crippen LogP contribution in [0.15, 0.2) is 18.2 Å². The lowest BCUT2D eigenvalue weighted by Gasteiger charge is -2.09. The Labute approximate surface area is 103 Å². The zero-order valence-corrected chi connectivity index (χ0v) is 10.1. The normalized spacial score (nSPS) is 11.0. The first-order valence-corrected chi connectivity index (χ1v) is 5.49. The van der Waals surface area contributed by atoms with Gasteiger partial charge in [-0.15, -0.1) is 0 Å². The molecule has 0 aromatic carbocycles. The number of H-pyrrole nitrogens is 2. The van der Waals surface area contributed by atoms with Gasteiger partial charge in [-0.2, -0.15) is 5.10 Å². The van der Waals surface area contributed by atoms with Crippen molar-refractivity contribution in [2.24, 2.45) is 0 Å². The first-order chi connectivity index (χ1) is 8.63. The first-order valence-electron chi connectivity index (χ1n) is 5.49. The highest BCUT2D eigenvalue weighted by atomic mass is 15.2. The lowest BCUT2D eigenvalue weighted by molar-refractivity contribution is 1.07. The van der Waals surface area contributed by atoms with E-state index < -0.39 is 0 Å². The largest absolute Gasteiger partial charge is 0.382 e. The first kappa shape index (κ1) is 10.6. The molecule has 0 aliphatic heterocycles. The monoisotopic (exact) mass is 243 g/mol. The summed E-state index contributed by atoms with van der Waals surface area (Å²) in [5, 5.41) is 6.69. The third-order valence-corrected chi connectivity index (χ3v) is 2.64. The number of nitrogens with two attached hydrogens (primary N) is 1. The molecular formula is C11H13N7. The minimum atomic E-state index is 0.437. The van der Waals surface area contributed by atoms with Gasteiger partial charge in [-0.1, -0.05) is 0 Å². The summed E-state index contributed by atoms with van der Waals surface area (Å²) >= 11 is 0. The second-order valence-corrected chi connectivity index (χ2v) is 4.23. The van der Waals surface area contributed by atoms with Crippen LogP contribution in [0.4, 0.5) is 11.6 Å². The van der Waals surface area contributed by atoms with E-state index in [1.165, 1.54) is 0 Å². The molecule has 0 saturated heterocycles. The lowest BCUT2D eigenvalue weighted by atomic mass is 10.4. The molecule has 0 bridgehead atoms. The number of nitrogens with one attached hydrogen (secondary N) is 2. The molecule has 3 aromatic heterocycles. The Morgan fingerprint density at radius 2 is 2.06 bits per heavy atom. The van der Waals surface area contributed by atoms with Crippen molar-refractivity contribution < 1.29 is 0 Å². The van der Waals surface area contributed by atoms with Crippen LogP contribution in [-0.4, -0.2) is 39.2 Å². The molecule has 7 nitrogen and oxygen atoms in total. The highest BCUT2D eigenvalue weighted by Crippen LogP contribution is 2.20. The summed E-state index contributed by atoms with van der Waals surface area (Å²) in [4.78, 5) is 14.0. The van der Waals surface area contributed by atoms with Gasteiger partial charge in [-0.25, -0.2) is 9.97 Å². The number of hydrogen-bond acceptors (Lipinski definition) is 5. The third kappa shape index (κ3) is 1.65. The quantitative estimate of drug-likeness (QED) is 0.623. The summed E-state index contributed by atoms with van der Waals surface area (Å²) in [5.74, 6) is 1.98. The fourth-order valence-electron chi connectivity index (χ4n) is 1.72. The molecule has 0 atom stereocenters. The Morgan fingerprint density at radius 3 is 2.72 bits per heavy atom. The number of rotatable bonds is 2. The Balaban J connectivity index is 2.11. The molecule has 7 heteroatoms. The van der Waals surface area contributed by atoms with Crippen LogP contribution in [0, 0.1) is 0 Å². The van der Waals surface area contributed by atoms with Gasteiger partial charge in [0.15, 0.2) is 11.5 Å². The zero-order valence-electron chi connectivity index (χ0n) is 10.1. The molecule has 0 unspecified atom stereocenters. The number of pyridine rings is 1. The van der Waals surface area contributed by atoms with Gasteiger partial charge in [0, 0.05) is 20.2 Å². The maximum Gasteiger partial charge on any atom is 0.180 e. The van der Waals surface area contributed by atoms with Crippen LogP contribution in [-0.2, 0) is 0 Å². The van der Waals surface area contributed by atoms with Gasteiger partial charge in [0.2, 0.25) is 0 Å². The molecular weight excluding hydrogens is 230 g/mol. The maximum atomic E-state index is 5.57. The Kier molecular flexibility index (Phi) is 2.19. The molecule has 3 heterocycles. The fraction of sp³-hybridized carbons (Fsp3) is 0.182. The van der Waals surface area contributed by atoms with Crippen LogP contribution in [0.2, 0.25) is 0 Å². The van der Waals surface area contributed by atoms with Gasteiger partial charge in [0.1, 0.15) is 17.3 Å². The van der Waals surface area contributed by atoms with Crippen molar-refractivity contribution in [2.45, 2.75) is 0 Å². The van der Waals surface area contributed by atoms with E-state index in [9.17, 15) is 0 Å². The predicted octanol–water partition coefficient (Wildman–Crippen LogP) is 0.996. The van der Waals surface area contributed by atoms with E-state index in [4.69, 9.17) is 5.73 Å². The Bertz CT molecular complexity index is 694. The smallest absolute Gasteiger partial charge is 0.180 e. The van der Waals surface area contributed by atoms with Gasteiger partial charge in [0.25, 0.3) is 0 Å². The number of nitrogen functional groups attached to an aromatic ring is 1. The van der Waals surface area contributed by atoms with Crippen LogP contribution in [0.5, 0.6) is 0 Å². The molecule has 0 aliphatic carbocycles. The van der Waals surface area contributed by atoms with Crippen molar-refractivity contribution >= 4 is 22.8 Å². The second kappa shape index (κ2) is 3.73. The topological polar surface area (TPSA) is 99.5 Å². The van der Waals surface area contributed by atoms with E-state index in [1.807, 2.05) is 31.1 Å². The summed E-state index contributed by atoms with van der Waals surface area (Å²) in [6.45, 7) is 0. The summed E-state index contributed by atoms with van der Waals surface area (Å²) in [5.41, 5.74) is 7.86. The van der Waals surface area contributed by atoms with E-state index in [0.29, 0.717) is 17.3 Å². The van der Waals surface area contributed by atoms with Crippen LogP contribution in [0.25, 0.3) is 22.7 Å². The molecule has 0 fully saturated rings. The zero-order chi connectivity index (χ0) is 12.7. The number of anilines is 2. The average Bonchev–Trinajstić information content (AvgIpc) is 2.93. The summed E-state index contributed by atoms with van der Waals surface area (Å²) in [6.07, 6.45) is 0. The Hall–Kier alpha value is -2.57. The van der Waals surface area contributed by atoms with Crippen LogP contribution < -0.4 is 10.6 Å². The summed E-state index contributed by atoms with van der Waals surface area (Å²) < 4.78 is 0. The van der Waals surface area contributed by atoms with Crippen LogP contribution in [0.1, 0.15) is 0 Å². The molecule has 18 heavy (non-hydrogen) atoms. The number of fused-ring (bicyclic) bond motifs is 1. The van der Waals surface area contributed by atoms with Gasteiger partial charge in [-0.3, -0.25) is 5.10 Å². The van der Waals surface area contributed by atoms with E-state index in [1.54, 1.807) is 6.07 Å². The molecule has 0 radical (unpaired) electrons. The Morgan fingerprint density at radius 1 is 1.22 bits per heavy atom. The maximum absolute atomic E-state index is 5.57. The van der Waals surface area contributed by atoms with Crippen LogP contribution >= 0.6 is 0 Å². The predicted molar refractivity (Wildman–Crippen MR) is 70.2 cm³/mol. The molecule has 0 spiro atoms. The molecule has 0 aliphatic rings. The van der Waals surface area contributed by atoms with Gasteiger partial charge >= 0.3 is 0 Å². The number of imidazole rings is 1. The van der Waals surface area contributed by atoms with E-state index in [2.05, 4.69) is 25.1 Å². The minimum absolute atomic E-state index is 0.437. The third-order valence-electron chi connectivity index (χ3n) is 2.64. The van der Waals surface area contributed by atoms with Crippen molar-refractivity contribution in [1.29, 1.82) is 0 Å². The van der Waals surface area contributed by atoms with Crippen molar-refractivity contribution in [1.82, 2.24) is 25.1 Å². The molecule has 0 saturated carbocycles. The van der Waals surface area contributed by atoms with Gasteiger partial charge in [-0.05, 0) is 12.1 Å². The number of aromatic amines is 2. The SMILES string of the molecule is CN(C)c1ccc2[nH]c(-c3cc(N)n[nH]3)nc2n1. The minimum Gasteiger partial charge on any atom is -0.382 e. The standard InChI is InChI=1S/C11H13N7/c1-18(2)9-4-3-6-10(14-9)15-11(13-6)7-5-8(12)17-16-7/h3-5H,1-2H3,(H3,12,16,17)(H,13,14,15). The van der Waals surface area contributed by atoms with E-state index in [0.717, 1.165) is 17.0 Å². The second-order valence-electron chi connectivity index (χ2n) is 4.23. The number of hydrogen-bond donors (Lipinski definition) is 3. The van der Waals surface area contributed by atoms with E-state index >= 15 is 0 Å². The molecule has 3 aromatic rings. The number of nitrogens with zero attached hydrogens (tertiary/aromatic N) is 4. The molecule has 4 N–H and O–H groups in total. The fourth-order valence-corrected chi connectivity index (χ4v) is 1.72. The van der Waals surface area contributed by atoms with Crippen molar-refractivity contribution in [3.05, 3.63) is 18.2 Å². The average molecular weight is 243 g/mol. The van der Waals surface area contributed by atoms with Gasteiger partial charge < -0.3 is 15.6 Å². The summed E-state index contributed by atoms with van der Waals surface area (Å²) in [7, 11) is 3.88. The van der Waals surface area contributed by atoms with Gasteiger partial charge in [0.05, 0.1) is 5.52 Å². The van der Waals surface area contributed by atoms with Crippen molar-refractivity contribution in [3.63, 3.8) is 0 Å². The summed E-state index contributed by atoms with van der Waals surface area (Å²) in [6, 6.07) is 5.62. The highest BCUT2D eigenvalue weighted by molar-refractivity contribution is 5.77. The van der Waals surface area contributed by atoms with Crippen molar-refractivity contribution in [3.8, 4) is 11.5 Å². The molecule has 3 rings (SSSR count). The van der Waals surface area contributed by atoms with E-state index in [-0.39, 0.29) is 0 Å².